The number of anilines is 2. The van der Waals surface area contributed by atoms with Gasteiger partial charge in [-0.05, 0) is 31.0 Å². The van der Waals surface area contributed by atoms with Crippen molar-refractivity contribution in [3.05, 3.63) is 36.4 Å². The van der Waals surface area contributed by atoms with Crippen LogP contribution in [0.2, 0.25) is 0 Å². The van der Waals surface area contributed by atoms with Gasteiger partial charge in [0.15, 0.2) is 4.34 Å². The molecule has 3 aromatic rings. The van der Waals surface area contributed by atoms with E-state index in [0.717, 1.165) is 43.3 Å². The predicted molar refractivity (Wildman–Crippen MR) is 113 cm³/mol. The molecule has 1 fully saturated rings. The van der Waals surface area contributed by atoms with Gasteiger partial charge in [-0.3, -0.25) is 4.79 Å². The highest BCUT2D eigenvalue weighted by Crippen LogP contribution is 2.33. The predicted octanol–water partition coefficient (Wildman–Crippen LogP) is 3.46. The Bertz CT molecular complexity index is 1050. The fourth-order valence-corrected chi connectivity index (χ4v) is 4.56. The zero-order valence-electron chi connectivity index (χ0n) is 16.5. The Morgan fingerprint density at radius 1 is 1.34 bits per heavy atom. The smallest absolute Gasteiger partial charge is 0.376 e. The molecule has 4 rings (SSSR count). The summed E-state index contributed by atoms with van der Waals surface area (Å²) in [6, 6.07) is 3.03. The normalized spacial score (nSPS) is 16.3. The van der Waals surface area contributed by atoms with Crippen LogP contribution in [0, 0.1) is 0 Å². The Morgan fingerprint density at radius 2 is 2.22 bits per heavy atom. The molecule has 1 saturated heterocycles. The highest BCUT2D eigenvalue weighted by molar-refractivity contribution is 8.01. The Kier molecular flexibility index (Phi) is 6.91. The number of thioether (sulfide) groups is 1. The molecule has 2 aromatic heterocycles. The van der Waals surface area contributed by atoms with Crippen molar-refractivity contribution in [1.82, 2.24) is 25.0 Å². The number of aromatic nitrogens is 5. The van der Waals surface area contributed by atoms with Crippen molar-refractivity contribution < 1.29 is 22.7 Å². The highest BCUT2D eigenvalue weighted by atomic mass is 32.2. The van der Waals surface area contributed by atoms with Crippen LogP contribution in [0.4, 0.5) is 24.0 Å². The number of carbonyl (C=O) groups excluding carboxylic acids is 1. The van der Waals surface area contributed by atoms with Gasteiger partial charge in [0.1, 0.15) is 12.7 Å². The fraction of sp³-hybridized carbons (Fsp3) is 0.389. The summed E-state index contributed by atoms with van der Waals surface area (Å²) in [4.78, 5) is 16.2. The second-order valence-electron chi connectivity index (χ2n) is 6.80. The standard InChI is InChI=1S/C18H18F3N7O2S2/c19-18(20,21)11-3-4-14(28-10-22-9-24-28)13(6-11)25-15(29)8-31-17-27-26-16(32-17)23-7-12-2-1-5-30-12/h3-4,6,9-10,12H,1-2,5,7-8H2,(H,23,26)(H,25,29)/t12-/m0/s1. The summed E-state index contributed by atoms with van der Waals surface area (Å²) >= 11 is 2.44. The summed E-state index contributed by atoms with van der Waals surface area (Å²) in [5.41, 5.74) is -0.632. The molecular formula is C18H18F3N7O2S2. The minimum atomic E-state index is -4.55. The van der Waals surface area contributed by atoms with Crippen molar-refractivity contribution in [2.24, 2.45) is 0 Å². The number of benzene rings is 1. The summed E-state index contributed by atoms with van der Waals surface area (Å²) in [5.74, 6) is -0.535. The van der Waals surface area contributed by atoms with E-state index in [1.807, 2.05) is 0 Å². The lowest BCUT2D eigenvalue weighted by Gasteiger charge is -2.14. The molecule has 1 aliphatic heterocycles. The molecule has 0 spiro atoms. The van der Waals surface area contributed by atoms with Gasteiger partial charge in [0.05, 0.1) is 28.8 Å². The summed E-state index contributed by atoms with van der Waals surface area (Å²) in [6.45, 7) is 1.41. The van der Waals surface area contributed by atoms with Crippen molar-refractivity contribution >= 4 is 39.8 Å². The van der Waals surface area contributed by atoms with Crippen molar-refractivity contribution in [3.63, 3.8) is 0 Å². The Morgan fingerprint density at radius 3 is 2.94 bits per heavy atom. The largest absolute Gasteiger partial charge is 0.416 e. The van der Waals surface area contributed by atoms with Crippen molar-refractivity contribution in [2.45, 2.75) is 29.5 Å². The molecule has 170 valence electrons. The highest BCUT2D eigenvalue weighted by Gasteiger charge is 2.31. The summed E-state index contributed by atoms with van der Waals surface area (Å²) in [5, 5.41) is 18.3. The Labute approximate surface area is 188 Å². The number of carbonyl (C=O) groups is 1. The number of nitrogens with zero attached hydrogens (tertiary/aromatic N) is 5. The van der Waals surface area contributed by atoms with E-state index < -0.39 is 17.6 Å². The third-order valence-electron chi connectivity index (χ3n) is 4.50. The molecule has 0 bridgehead atoms. The van der Waals surface area contributed by atoms with E-state index in [0.29, 0.717) is 16.0 Å². The first kappa shape index (κ1) is 22.5. The van der Waals surface area contributed by atoms with Crippen LogP contribution in [0.15, 0.2) is 35.2 Å². The number of nitrogens with one attached hydrogen (secondary N) is 2. The maximum atomic E-state index is 13.1. The average molecular weight is 486 g/mol. The number of hydrogen-bond acceptors (Lipinski definition) is 9. The first-order chi connectivity index (χ1) is 15.4. The first-order valence-corrected chi connectivity index (χ1v) is 11.4. The summed E-state index contributed by atoms with van der Waals surface area (Å²) < 4.78 is 46.8. The second-order valence-corrected chi connectivity index (χ2v) is 9.00. The molecule has 1 atom stereocenters. The van der Waals surface area contributed by atoms with Gasteiger partial charge in [-0.1, -0.05) is 23.1 Å². The monoisotopic (exact) mass is 485 g/mol. The van der Waals surface area contributed by atoms with Crippen LogP contribution in [0.5, 0.6) is 0 Å². The maximum absolute atomic E-state index is 13.1. The number of halogens is 3. The molecule has 3 heterocycles. The summed E-state index contributed by atoms with van der Waals surface area (Å²) in [7, 11) is 0. The summed E-state index contributed by atoms with van der Waals surface area (Å²) in [6.07, 6.45) is 0.239. The average Bonchev–Trinajstić information content (AvgIpc) is 3.53. The minimum Gasteiger partial charge on any atom is -0.376 e. The molecule has 1 aliphatic rings. The Hall–Kier alpha value is -2.71. The van der Waals surface area contributed by atoms with Crippen LogP contribution in [0.1, 0.15) is 18.4 Å². The lowest BCUT2D eigenvalue weighted by Crippen LogP contribution is -2.18. The fourth-order valence-electron chi connectivity index (χ4n) is 3.00. The third-order valence-corrected chi connectivity index (χ3v) is 6.52. The number of amides is 1. The topological polar surface area (TPSA) is 107 Å². The third kappa shape index (κ3) is 5.75. The molecule has 14 heteroatoms. The van der Waals surface area contributed by atoms with Crippen LogP contribution in [-0.2, 0) is 15.7 Å². The van der Waals surface area contributed by atoms with E-state index in [1.54, 1.807) is 0 Å². The van der Waals surface area contributed by atoms with Crippen LogP contribution in [0.3, 0.4) is 0 Å². The lowest BCUT2D eigenvalue weighted by molar-refractivity contribution is -0.137. The van der Waals surface area contributed by atoms with Gasteiger partial charge in [-0.25, -0.2) is 9.67 Å². The molecular weight excluding hydrogens is 467 g/mol. The lowest BCUT2D eigenvalue weighted by atomic mass is 10.1. The molecule has 0 radical (unpaired) electrons. The van der Waals surface area contributed by atoms with Gasteiger partial charge >= 0.3 is 6.18 Å². The molecule has 0 aliphatic carbocycles. The zero-order valence-corrected chi connectivity index (χ0v) is 18.1. The second kappa shape index (κ2) is 9.83. The van der Waals surface area contributed by atoms with Crippen molar-refractivity contribution in [2.75, 3.05) is 29.5 Å². The van der Waals surface area contributed by atoms with Crippen LogP contribution in [0.25, 0.3) is 5.69 Å². The van der Waals surface area contributed by atoms with Gasteiger partial charge < -0.3 is 15.4 Å². The molecule has 0 saturated carbocycles. The molecule has 9 nitrogen and oxygen atoms in total. The van der Waals surface area contributed by atoms with Crippen LogP contribution < -0.4 is 10.6 Å². The van der Waals surface area contributed by atoms with Gasteiger partial charge in [0.2, 0.25) is 11.0 Å². The number of alkyl halides is 3. The van der Waals surface area contributed by atoms with Gasteiger partial charge in [-0.15, -0.1) is 10.2 Å². The van der Waals surface area contributed by atoms with E-state index in [4.69, 9.17) is 4.74 Å². The number of rotatable bonds is 8. The quantitative estimate of drug-likeness (QED) is 0.467. The minimum absolute atomic E-state index is 0.0212. The van der Waals surface area contributed by atoms with Gasteiger partial charge in [0.25, 0.3) is 0 Å². The molecule has 1 aromatic carbocycles. The van der Waals surface area contributed by atoms with E-state index in [1.165, 1.54) is 34.7 Å². The molecule has 1 amide bonds. The Balaban J connectivity index is 1.37. The molecule has 2 N–H and O–H groups in total. The van der Waals surface area contributed by atoms with Gasteiger partial charge in [0, 0.05) is 13.2 Å². The SMILES string of the molecule is O=C(CSc1nnc(NC[C@@H]2CCCO2)s1)Nc1cc(C(F)(F)F)ccc1-n1cncn1. The van der Waals surface area contributed by atoms with E-state index in [2.05, 4.69) is 30.9 Å². The van der Waals surface area contributed by atoms with Crippen LogP contribution >= 0.6 is 23.1 Å². The van der Waals surface area contributed by atoms with Crippen LogP contribution in [-0.4, -0.2) is 55.9 Å². The molecule has 32 heavy (non-hydrogen) atoms. The van der Waals surface area contributed by atoms with E-state index in [9.17, 15) is 18.0 Å². The number of ether oxygens (including phenoxy) is 1. The van der Waals surface area contributed by atoms with Gasteiger partial charge in [-0.2, -0.15) is 18.3 Å². The number of hydrogen-bond donors (Lipinski definition) is 2. The van der Waals surface area contributed by atoms with E-state index in [-0.39, 0.29) is 23.2 Å². The zero-order chi connectivity index (χ0) is 22.6. The van der Waals surface area contributed by atoms with Crippen molar-refractivity contribution in [1.29, 1.82) is 0 Å². The maximum Gasteiger partial charge on any atom is 0.416 e. The first-order valence-electron chi connectivity index (χ1n) is 9.56. The molecule has 0 unspecified atom stereocenters. The van der Waals surface area contributed by atoms with E-state index >= 15 is 0 Å². The van der Waals surface area contributed by atoms with Crippen molar-refractivity contribution in [3.8, 4) is 5.69 Å².